The highest BCUT2D eigenvalue weighted by molar-refractivity contribution is 5.92. The Hall–Kier alpha value is -2.37. The number of nitrogens with zero attached hydrogens (tertiary/aromatic N) is 2. The van der Waals surface area contributed by atoms with Crippen molar-refractivity contribution < 1.29 is 13.9 Å². The van der Waals surface area contributed by atoms with Gasteiger partial charge < -0.3 is 10.1 Å². The van der Waals surface area contributed by atoms with E-state index in [0.29, 0.717) is 23.8 Å². The molecule has 0 aliphatic heterocycles. The van der Waals surface area contributed by atoms with Crippen LogP contribution in [0.2, 0.25) is 0 Å². The highest BCUT2D eigenvalue weighted by atomic mass is 19.1. The van der Waals surface area contributed by atoms with Crippen molar-refractivity contribution in [2.24, 2.45) is 13.0 Å². The van der Waals surface area contributed by atoms with Gasteiger partial charge in [-0.15, -0.1) is 0 Å². The minimum absolute atomic E-state index is 0.107. The molecule has 1 aliphatic carbocycles. The van der Waals surface area contributed by atoms with Crippen LogP contribution < -0.4 is 10.1 Å². The third kappa shape index (κ3) is 3.58. The maximum atomic E-state index is 14.5. The number of amides is 1. The van der Waals surface area contributed by atoms with Crippen molar-refractivity contribution in [3.8, 4) is 5.75 Å². The Morgan fingerprint density at radius 1 is 1.46 bits per heavy atom. The number of ether oxygens (including phenoxy) is 1. The number of halogens is 1. The number of carbonyl (C=O) groups excluding carboxylic acids is 1. The van der Waals surface area contributed by atoms with Crippen LogP contribution in [0.1, 0.15) is 41.0 Å². The molecule has 0 radical (unpaired) electrons. The molecule has 5 nitrogen and oxygen atoms in total. The summed E-state index contributed by atoms with van der Waals surface area (Å²) >= 11 is 0. The normalized spacial score (nSPS) is 14.3. The van der Waals surface area contributed by atoms with Crippen molar-refractivity contribution in [1.82, 2.24) is 15.1 Å². The molecule has 1 N–H and O–H groups in total. The van der Waals surface area contributed by atoms with E-state index in [0.717, 1.165) is 18.5 Å². The molecule has 128 valence electrons. The molecule has 2 aromatic rings. The van der Waals surface area contributed by atoms with Gasteiger partial charge in [-0.3, -0.25) is 9.48 Å². The molecule has 1 saturated carbocycles. The van der Waals surface area contributed by atoms with Gasteiger partial charge in [-0.2, -0.15) is 5.10 Å². The molecule has 0 spiro atoms. The fraction of sp³-hybridized carbons (Fsp3) is 0.444. The van der Waals surface area contributed by atoms with Gasteiger partial charge in [0.05, 0.1) is 12.3 Å². The van der Waals surface area contributed by atoms with E-state index in [2.05, 4.69) is 10.4 Å². The minimum atomic E-state index is -0.404. The smallest absolute Gasteiger partial charge is 0.269 e. The van der Waals surface area contributed by atoms with Gasteiger partial charge in [0.15, 0.2) is 11.6 Å². The molecular weight excluding hydrogens is 309 g/mol. The molecule has 1 fully saturated rings. The summed E-state index contributed by atoms with van der Waals surface area (Å²) in [5.74, 6) is 0.113. The summed E-state index contributed by atoms with van der Waals surface area (Å²) in [5.41, 5.74) is 1.62. The fourth-order valence-electron chi connectivity index (χ4n) is 2.76. The van der Waals surface area contributed by atoms with Gasteiger partial charge in [-0.05, 0) is 37.8 Å². The van der Waals surface area contributed by atoms with Gasteiger partial charge in [0, 0.05) is 19.2 Å². The van der Waals surface area contributed by atoms with Gasteiger partial charge >= 0.3 is 0 Å². The predicted molar refractivity (Wildman–Crippen MR) is 88.4 cm³/mol. The van der Waals surface area contributed by atoms with E-state index in [-0.39, 0.29) is 18.2 Å². The van der Waals surface area contributed by atoms with E-state index in [9.17, 15) is 9.18 Å². The van der Waals surface area contributed by atoms with Crippen LogP contribution in [0.15, 0.2) is 24.3 Å². The number of aryl methyl sites for hydroxylation is 2. The lowest BCUT2D eigenvalue weighted by Gasteiger charge is -2.25. The van der Waals surface area contributed by atoms with Crippen molar-refractivity contribution >= 4 is 5.91 Å². The standard InChI is InChI=1S/C18H22FN3O2/c1-12-9-15(22(2)21-12)18(23)20-10-14-7-4-8-16(17(14)19)24-11-13-5-3-6-13/h4,7-9,13H,3,5-6,10-11H2,1-2H3,(H,20,23). The number of carbonyl (C=O) groups is 1. The van der Waals surface area contributed by atoms with Crippen LogP contribution in [0.5, 0.6) is 5.75 Å². The van der Waals surface area contributed by atoms with Crippen LogP contribution in [-0.2, 0) is 13.6 Å². The van der Waals surface area contributed by atoms with Crippen LogP contribution in [-0.4, -0.2) is 22.3 Å². The Labute approximate surface area is 140 Å². The summed E-state index contributed by atoms with van der Waals surface area (Å²) < 4.78 is 21.6. The fourth-order valence-corrected chi connectivity index (χ4v) is 2.76. The van der Waals surface area contributed by atoms with E-state index in [1.165, 1.54) is 11.1 Å². The quantitative estimate of drug-likeness (QED) is 0.885. The average molecular weight is 331 g/mol. The van der Waals surface area contributed by atoms with Gasteiger partial charge in [-0.25, -0.2) is 4.39 Å². The first-order valence-corrected chi connectivity index (χ1v) is 8.23. The Kier molecular flexibility index (Phi) is 4.83. The summed E-state index contributed by atoms with van der Waals surface area (Å²) in [6.07, 6.45) is 3.54. The first kappa shape index (κ1) is 16.5. The summed E-state index contributed by atoms with van der Waals surface area (Å²) in [4.78, 5) is 12.2. The molecule has 0 saturated heterocycles. The van der Waals surface area contributed by atoms with Crippen molar-refractivity contribution in [3.05, 3.63) is 47.0 Å². The van der Waals surface area contributed by atoms with Crippen molar-refractivity contribution in [2.75, 3.05) is 6.61 Å². The summed E-state index contributed by atoms with van der Waals surface area (Å²) in [6.45, 7) is 2.48. The Balaban J connectivity index is 1.62. The zero-order chi connectivity index (χ0) is 17.1. The lowest BCUT2D eigenvalue weighted by atomic mass is 9.86. The number of hydrogen-bond donors (Lipinski definition) is 1. The highest BCUT2D eigenvalue weighted by Gasteiger charge is 2.19. The monoisotopic (exact) mass is 331 g/mol. The Morgan fingerprint density at radius 3 is 2.88 bits per heavy atom. The van der Waals surface area contributed by atoms with Crippen LogP contribution in [0.4, 0.5) is 4.39 Å². The molecule has 0 bridgehead atoms. The van der Waals surface area contributed by atoms with Crippen LogP contribution in [0.25, 0.3) is 0 Å². The molecule has 1 aliphatic rings. The van der Waals surface area contributed by atoms with E-state index >= 15 is 0 Å². The molecule has 0 unspecified atom stereocenters. The number of rotatable bonds is 6. The maximum Gasteiger partial charge on any atom is 0.269 e. The van der Waals surface area contributed by atoms with Crippen LogP contribution in [0, 0.1) is 18.7 Å². The summed E-state index contributed by atoms with van der Waals surface area (Å²) in [6, 6.07) is 6.73. The number of hydrogen-bond acceptors (Lipinski definition) is 3. The highest BCUT2D eigenvalue weighted by Crippen LogP contribution is 2.28. The number of nitrogens with one attached hydrogen (secondary N) is 1. The first-order valence-electron chi connectivity index (χ1n) is 8.23. The maximum absolute atomic E-state index is 14.5. The molecule has 3 rings (SSSR count). The molecule has 6 heteroatoms. The summed E-state index contributed by atoms with van der Waals surface area (Å²) in [5, 5.41) is 6.86. The van der Waals surface area contributed by atoms with Gasteiger partial charge in [-0.1, -0.05) is 18.6 Å². The SMILES string of the molecule is Cc1cc(C(=O)NCc2cccc(OCC3CCC3)c2F)n(C)n1. The van der Waals surface area contributed by atoms with Crippen LogP contribution in [0.3, 0.4) is 0 Å². The lowest BCUT2D eigenvalue weighted by Crippen LogP contribution is -2.25. The number of benzene rings is 1. The molecule has 1 aromatic heterocycles. The van der Waals surface area contributed by atoms with E-state index < -0.39 is 5.82 Å². The number of aromatic nitrogens is 2. The molecule has 24 heavy (non-hydrogen) atoms. The molecule has 1 amide bonds. The molecule has 0 atom stereocenters. The van der Waals surface area contributed by atoms with Gasteiger partial charge in [0.25, 0.3) is 5.91 Å². The van der Waals surface area contributed by atoms with Gasteiger partial charge in [0.1, 0.15) is 5.69 Å². The second-order valence-electron chi connectivity index (χ2n) is 6.31. The minimum Gasteiger partial charge on any atom is -0.490 e. The van der Waals surface area contributed by atoms with Gasteiger partial charge in [0.2, 0.25) is 0 Å². The Morgan fingerprint density at radius 2 is 2.25 bits per heavy atom. The van der Waals surface area contributed by atoms with E-state index in [1.807, 2.05) is 6.92 Å². The lowest BCUT2D eigenvalue weighted by molar-refractivity contribution is 0.0941. The Bertz CT molecular complexity index is 738. The average Bonchev–Trinajstić information content (AvgIpc) is 2.84. The molecular formula is C18H22FN3O2. The van der Waals surface area contributed by atoms with E-state index in [4.69, 9.17) is 4.74 Å². The van der Waals surface area contributed by atoms with Crippen molar-refractivity contribution in [3.63, 3.8) is 0 Å². The predicted octanol–water partition coefficient (Wildman–Crippen LogP) is 2.98. The third-order valence-corrected chi connectivity index (χ3v) is 4.42. The second kappa shape index (κ2) is 7.03. The molecule has 1 heterocycles. The second-order valence-corrected chi connectivity index (χ2v) is 6.31. The van der Waals surface area contributed by atoms with Crippen LogP contribution >= 0.6 is 0 Å². The zero-order valence-corrected chi connectivity index (χ0v) is 14.0. The van der Waals surface area contributed by atoms with E-state index in [1.54, 1.807) is 31.3 Å². The van der Waals surface area contributed by atoms with Crippen molar-refractivity contribution in [2.45, 2.75) is 32.7 Å². The molecule has 1 aromatic carbocycles. The largest absolute Gasteiger partial charge is 0.490 e. The topological polar surface area (TPSA) is 56.1 Å². The van der Waals surface area contributed by atoms with Crippen molar-refractivity contribution in [1.29, 1.82) is 0 Å². The first-order chi connectivity index (χ1) is 11.5. The third-order valence-electron chi connectivity index (χ3n) is 4.42. The summed E-state index contributed by atoms with van der Waals surface area (Å²) in [7, 11) is 1.71. The zero-order valence-electron chi connectivity index (χ0n) is 14.0.